The van der Waals surface area contributed by atoms with Crippen LogP contribution >= 0.6 is 0 Å². The fourth-order valence-corrected chi connectivity index (χ4v) is 6.33. The van der Waals surface area contributed by atoms with E-state index < -0.39 is 6.10 Å². The quantitative estimate of drug-likeness (QED) is 0.683. The molecule has 0 bridgehead atoms. The van der Waals surface area contributed by atoms with Crippen LogP contribution in [0, 0.1) is 22.7 Å². The highest BCUT2D eigenvalue weighted by Gasteiger charge is 2.54. The molecule has 2 heteroatoms. The molecule has 0 aromatic carbocycles. The molecular formula is C19H28O2. The van der Waals surface area contributed by atoms with Crippen molar-refractivity contribution in [2.75, 3.05) is 0 Å². The molecule has 3 fully saturated rings. The lowest BCUT2D eigenvalue weighted by molar-refractivity contribution is -0.140. The van der Waals surface area contributed by atoms with E-state index >= 15 is 0 Å². The molecule has 116 valence electrons. The highest BCUT2D eigenvalue weighted by molar-refractivity contribution is 5.84. The van der Waals surface area contributed by atoms with Gasteiger partial charge in [-0.1, -0.05) is 25.0 Å². The van der Waals surface area contributed by atoms with Gasteiger partial charge in [0.05, 0.1) is 0 Å². The van der Waals surface area contributed by atoms with E-state index in [4.69, 9.17) is 0 Å². The number of carbonyl (C=O) groups excluding carboxylic acids is 1. The molecule has 5 atom stereocenters. The van der Waals surface area contributed by atoms with Crippen molar-refractivity contribution in [2.45, 2.75) is 77.7 Å². The standard InChI is InChI=1S/C19H28O2/c1-18-8-3-4-14(18)13-6-5-12-10-16(20)17(21)11-19(12,2)15(13)7-9-18/h12,15-16,20H,3-11H2,1-2H3/t12?,15-,16?,18+,19+/m1/s1. The molecule has 1 N–H and O–H groups in total. The Bertz CT molecular complexity index is 520. The van der Waals surface area contributed by atoms with Gasteiger partial charge in [-0.25, -0.2) is 0 Å². The molecule has 2 unspecified atom stereocenters. The minimum atomic E-state index is -0.683. The summed E-state index contributed by atoms with van der Waals surface area (Å²) in [5.74, 6) is 1.26. The highest BCUT2D eigenvalue weighted by atomic mass is 16.3. The molecule has 4 aliphatic carbocycles. The Morgan fingerprint density at radius 1 is 1.14 bits per heavy atom. The summed E-state index contributed by atoms with van der Waals surface area (Å²) in [6.07, 6.45) is 9.68. The second kappa shape index (κ2) is 4.44. The van der Waals surface area contributed by atoms with Crippen LogP contribution in [0.2, 0.25) is 0 Å². The Morgan fingerprint density at radius 3 is 2.76 bits per heavy atom. The van der Waals surface area contributed by atoms with Gasteiger partial charge >= 0.3 is 0 Å². The van der Waals surface area contributed by atoms with E-state index in [1.165, 1.54) is 44.9 Å². The zero-order valence-corrected chi connectivity index (χ0v) is 13.5. The molecule has 0 heterocycles. The summed E-state index contributed by atoms with van der Waals surface area (Å²) >= 11 is 0. The topological polar surface area (TPSA) is 37.3 Å². The summed E-state index contributed by atoms with van der Waals surface area (Å²) in [5, 5.41) is 9.96. The maximum atomic E-state index is 12.2. The van der Waals surface area contributed by atoms with E-state index in [-0.39, 0.29) is 11.2 Å². The van der Waals surface area contributed by atoms with Crippen LogP contribution in [0.5, 0.6) is 0 Å². The summed E-state index contributed by atoms with van der Waals surface area (Å²) in [4.78, 5) is 12.2. The first-order chi connectivity index (χ1) is 9.94. The average molecular weight is 288 g/mol. The van der Waals surface area contributed by atoms with Gasteiger partial charge < -0.3 is 5.11 Å². The molecule has 4 rings (SSSR count). The number of Topliss-reactive ketones (excluding diaryl/α,β-unsaturated/α-hetero) is 1. The first-order valence-electron chi connectivity index (χ1n) is 8.87. The molecule has 2 nitrogen and oxygen atoms in total. The number of allylic oxidation sites excluding steroid dienone is 2. The summed E-state index contributed by atoms with van der Waals surface area (Å²) in [6, 6.07) is 0. The first kappa shape index (κ1) is 14.0. The van der Waals surface area contributed by atoms with E-state index in [2.05, 4.69) is 13.8 Å². The van der Waals surface area contributed by atoms with Crippen molar-refractivity contribution in [3.63, 3.8) is 0 Å². The van der Waals surface area contributed by atoms with Gasteiger partial charge in [0.15, 0.2) is 5.78 Å². The fraction of sp³-hybridized carbons (Fsp3) is 0.842. The van der Waals surface area contributed by atoms with Gasteiger partial charge in [-0.3, -0.25) is 4.79 Å². The van der Waals surface area contributed by atoms with Crippen LogP contribution in [0.25, 0.3) is 0 Å². The second-order valence-electron chi connectivity index (χ2n) is 8.65. The molecule has 0 spiro atoms. The van der Waals surface area contributed by atoms with Crippen molar-refractivity contribution in [2.24, 2.45) is 22.7 Å². The van der Waals surface area contributed by atoms with Gasteiger partial charge in [0.25, 0.3) is 0 Å². The van der Waals surface area contributed by atoms with Crippen LogP contribution in [0.3, 0.4) is 0 Å². The van der Waals surface area contributed by atoms with Crippen LogP contribution in [-0.2, 0) is 4.79 Å². The molecule has 3 saturated carbocycles. The Kier molecular flexibility index (Phi) is 2.96. The van der Waals surface area contributed by atoms with Gasteiger partial charge in [0.1, 0.15) is 6.10 Å². The zero-order valence-electron chi connectivity index (χ0n) is 13.5. The number of ketones is 1. The smallest absolute Gasteiger partial charge is 0.161 e. The van der Waals surface area contributed by atoms with Crippen molar-refractivity contribution in [1.82, 2.24) is 0 Å². The molecular weight excluding hydrogens is 260 g/mol. The number of fused-ring (bicyclic) bond motifs is 4. The lowest BCUT2D eigenvalue weighted by Gasteiger charge is -2.55. The molecule has 0 aromatic heterocycles. The number of aliphatic hydroxyl groups is 1. The Morgan fingerprint density at radius 2 is 1.95 bits per heavy atom. The maximum absolute atomic E-state index is 12.2. The van der Waals surface area contributed by atoms with E-state index in [1.807, 2.05) is 0 Å². The molecule has 0 amide bonds. The van der Waals surface area contributed by atoms with Crippen LogP contribution in [0.4, 0.5) is 0 Å². The summed E-state index contributed by atoms with van der Waals surface area (Å²) < 4.78 is 0. The van der Waals surface area contributed by atoms with Crippen LogP contribution in [-0.4, -0.2) is 17.0 Å². The van der Waals surface area contributed by atoms with Crippen molar-refractivity contribution in [1.29, 1.82) is 0 Å². The van der Waals surface area contributed by atoms with Crippen molar-refractivity contribution in [3.05, 3.63) is 11.1 Å². The van der Waals surface area contributed by atoms with Gasteiger partial charge in [0.2, 0.25) is 0 Å². The van der Waals surface area contributed by atoms with Crippen molar-refractivity contribution in [3.8, 4) is 0 Å². The zero-order chi connectivity index (χ0) is 14.8. The van der Waals surface area contributed by atoms with Crippen LogP contribution < -0.4 is 0 Å². The molecule has 4 aliphatic rings. The van der Waals surface area contributed by atoms with E-state index in [1.54, 1.807) is 11.1 Å². The fourth-order valence-electron chi connectivity index (χ4n) is 6.33. The third kappa shape index (κ3) is 1.84. The Balaban J connectivity index is 1.74. The second-order valence-corrected chi connectivity index (χ2v) is 8.65. The lowest BCUT2D eigenvalue weighted by Crippen LogP contribution is -2.50. The summed E-state index contributed by atoms with van der Waals surface area (Å²) in [6.45, 7) is 4.83. The van der Waals surface area contributed by atoms with Crippen molar-refractivity contribution >= 4 is 5.78 Å². The first-order valence-corrected chi connectivity index (χ1v) is 8.87. The van der Waals surface area contributed by atoms with E-state index in [9.17, 15) is 9.90 Å². The molecule has 0 aliphatic heterocycles. The SMILES string of the molecule is C[C@@]12CCCC1=C1CCC3CC(O)C(=O)C[C@]3(C)[C@@H]1CC2. The van der Waals surface area contributed by atoms with E-state index in [0.717, 1.165) is 0 Å². The molecule has 0 radical (unpaired) electrons. The third-order valence-electron chi connectivity index (χ3n) is 7.60. The van der Waals surface area contributed by atoms with Gasteiger partial charge in [-0.15, -0.1) is 0 Å². The normalized spacial score (nSPS) is 49.7. The van der Waals surface area contributed by atoms with Crippen LogP contribution in [0.15, 0.2) is 11.1 Å². The number of carbonyl (C=O) groups is 1. The summed E-state index contributed by atoms with van der Waals surface area (Å²) in [5.41, 5.74) is 4.12. The number of hydrogen-bond acceptors (Lipinski definition) is 2. The minimum absolute atomic E-state index is 0.0970. The minimum Gasteiger partial charge on any atom is -0.385 e. The van der Waals surface area contributed by atoms with Gasteiger partial charge in [0, 0.05) is 6.42 Å². The van der Waals surface area contributed by atoms with E-state index in [0.29, 0.717) is 30.1 Å². The number of rotatable bonds is 0. The maximum Gasteiger partial charge on any atom is 0.161 e. The van der Waals surface area contributed by atoms with Gasteiger partial charge in [-0.2, -0.15) is 0 Å². The predicted octanol–water partition coefficient (Wildman–Crippen LogP) is 4.02. The lowest BCUT2D eigenvalue weighted by atomic mass is 9.49. The average Bonchev–Trinajstić information content (AvgIpc) is 2.82. The monoisotopic (exact) mass is 288 g/mol. The predicted molar refractivity (Wildman–Crippen MR) is 82.8 cm³/mol. The highest BCUT2D eigenvalue weighted by Crippen LogP contribution is 2.63. The summed E-state index contributed by atoms with van der Waals surface area (Å²) in [7, 11) is 0. The molecule has 21 heavy (non-hydrogen) atoms. The Labute approximate surface area is 128 Å². The number of hydrogen-bond donors (Lipinski definition) is 1. The Hall–Kier alpha value is -0.630. The molecule has 0 saturated heterocycles. The van der Waals surface area contributed by atoms with Crippen LogP contribution in [0.1, 0.15) is 71.6 Å². The number of aliphatic hydroxyl groups excluding tert-OH is 1. The van der Waals surface area contributed by atoms with Gasteiger partial charge in [-0.05, 0) is 74.0 Å². The largest absolute Gasteiger partial charge is 0.385 e. The van der Waals surface area contributed by atoms with Crippen molar-refractivity contribution < 1.29 is 9.90 Å². The third-order valence-corrected chi connectivity index (χ3v) is 7.60. The molecule has 0 aromatic rings.